The van der Waals surface area contributed by atoms with Crippen LogP contribution in [0.4, 0.5) is 5.69 Å². The number of likely N-dealkylation sites (N-methyl/N-ethyl adjacent to an activating group) is 1. The first kappa shape index (κ1) is 15.6. The van der Waals surface area contributed by atoms with E-state index >= 15 is 0 Å². The Bertz CT molecular complexity index is 611. The largest absolute Gasteiger partial charge is 0.490 e. The second kappa shape index (κ2) is 6.45. The Morgan fingerprint density at radius 3 is 2.70 bits per heavy atom. The number of nitrogens with zero attached hydrogens (tertiary/aromatic N) is 2. The van der Waals surface area contributed by atoms with E-state index in [0.29, 0.717) is 43.1 Å². The smallest absolute Gasteiger partial charge is 0.257 e. The van der Waals surface area contributed by atoms with E-state index in [4.69, 9.17) is 10.5 Å². The zero-order chi connectivity index (χ0) is 16.4. The zero-order valence-electron chi connectivity index (χ0n) is 13.2. The maximum absolute atomic E-state index is 12.8. The molecule has 3 N–H and O–H groups in total. The molecule has 3 rings (SSSR count). The lowest BCUT2D eigenvalue weighted by atomic mass is 10.1. The van der Waals surface area contributed by atoms with Gasteiger partial charge in [-0.1, -0.05) is 6.07 Å². The number of primary amides is 1. The fourth-order valence-electron chi connectivity index (χ4n) is 2.91. The van der Waals surface area contributed by atoms with E-state index in [1.165, 1.54) is 0 Å². The van der Waals surface area contributed by atoms with Crippen LogP contribution in [0.1, 0.15) is 16.8 Å². The molecule has 23 heavy (non-hydrogen) atoms. The predicted molar refractivity (Wildman–Crippen MR) is 86.6 cm³/mol. The Morgan fingerprint density at radius 2 is 2.00 bits per heavy atom. The summed E-state index contributed by atoms with van der Waals surface area (Å²) < 4.78 is 5.76. The van der Waals surface area contributed by atoms with Crippen molar-refractivity contribution in [2.45, 2.75) is 12.5 Å². The SMILES string of the molecule is CN1CCN(C(=O)c2cccc3c2OCCC(C(N)=O)N3)CC1. The van der Waals surface area contributed by atoms with Crippen molar-refractivity contribution >= 4 is 17.5 Å². The highest BCUT2D eigenvalue weighted by molar-refractivity contribution is 5.99. The summed E-state index contributed by atoms with van der Waals surface area (Å²) in [5.41, 5.74) is 6.56. The lowest BCUT2D eigenvalue weighted by molar-refractivity contribution is -0.118. The van der Waals surface area contributed by atoms with Crippen LogP contribution in [0.2, 0.25) is 0 Å². The van der Waals surface area contributed by atoms with Gasteiger partial charge in [-0.25, -0.2) is 0 Å². The minimum Gasteiger partial charge on any atom is -0.490 e. The Balaban J connectivity index is 1.85. The number of nitrogens with two attached hydrogens (primary N) is 1. The normalized spacial score (nSPS) is 21.6. The van der Waals surface area contributed by atoms with Gasteiger partial charge in [0.25, 0.3) is 5.91 Å². The molecule has 1 saturated heterocycles. The van der Waals surface area contributed by atoms with E-state index in [2.05, 4.69) is 10.2 Å². The van der Waals surface area contributed by atoms with Crippen molar-refractivity contribution in [2.24, 2.45) is 5.73 Å². The number of carbonyl (C=O) groups excluding carboxylic acids is 2. The first-order valence-electron chi connectivity index (χ1n) is 7.86. The van der Waals surface area contributed by atoms with E-state index in [1.54, 1.807) is 18.2 Å². The number of hydrogen-bond acceptors (Lipinski definition) is 5. The standard InChI is InChI=1S/C16H22N4O3/c1-19-6-8-20(9-7-19)16(22)11-3-2-4-12-14(11)23-10-5-13(18-12)15(17)21/h2-4,13,18H,5-10H2,1H3,(H2,17,21). The number of rotatable bonds is 2. The van der Waals surface area contributed by atoms with Crippen LogP contribution in [0.25, 0.3) is 0 Å². The molecular formula is C16H22N4O3. The van der Waals surface area contributed by atoms with Gasteiger partial charge < -0.3 is 25.6 Å². The molecule has 7 nitrogen and oxygen atoms in total. The quantitative estimate of drug-likeness (QED) is 0.809. The number of amides is 2. The summed E-state index contributed by atoms with van der Waals surface area (Å²) in [7, 11) is 2.05. The zero-order valence-corrected chi connectivity index (χ0v) is 13.2. The molecule has 1 aromatic rings. The van der Waals surface area contributed by atoms with E-state index < -0.39 is 11.9 Å². The summed E-state index contributed by atoms with van der Waals surface area (Å²) in [6.45, 7) is 3.49. The van der Waals surface area contributed by atoms with E-state index in [0.717, 1.165) is 13.1 Å². The highest BCUT2D eigenvalue weighted by Crippen LogP contribution is 2.33. The maximum atomic E-state index is 12.8. The number of piperazine rings is 1. The van der Waals surface area contributed by atoms with Gasteiger partial charge in [-0.3, -0.25) is 9.59 Å². The van der Waals surface area contributed by atoms with Gasteiger partial charge in [0.1, 0.15) is 6.04 Å². The topological polar surface area (TPSA) is 87.9 Å². The van der Waals surface area contributed by atoms with Gasteiger partial charge in [0.2, 0.25) is 5.91 Å². The van der Waals surface area contributed by atoms with Gasteiger partial charge in [0, 0.05) is 32.6 Å². The van der Waals surface area contributed by atoms with Gasteiger partial charge in [0.15, 0.2) is 5.75 Å². The number of fused-ring (bicyclic) bond motifs is 1. The van der Waals surface area contributed by atoms with Crippen molar-refractivity contribution in [3.8, 4) is 5.75 Å². The highest BCUT2D eigenvalue weighted by Gasteiger charge is 2.27. The lowest BCUT2D eigenvalue weighted by Gasteiger charge is -2.32. The average molecular weight is 318 g/mol. The van der Waals surface area contributed by atoms with Crippen molar-refractivity contribution in [1.82, 2.24) is 9.80 Å². The first-order valence-corrected chi connectivity index (χ1v) is 7.86. The summed E-state index contributed by atoms with van der Waals surface area (Å²) in [5, 5.41) is 3.09. The van der Waals surface area contributed by atoms with Crippen LogP contribution in [0.5, 0.6) is 5.75 Å². The number of benzene rings is 1. The molecule has 7 heteroatoms. The van der Waals surface area contributed by atoms with Crippen LogP contribution < -0.4 is 15.8 Å². The molecular weight excluding hydrogens is 296 g/mol. The molecule has 1 fully saturated rings. The third-order valence-electron chi connectivity index (χ3n) is 4.36. The number of nitrogens with one attached hydrogen (secondary N) is 1. The van der Waals surface area contributed by atoms with Crippen LogP contribution in [0.15, 0.2) is 18.2 Å². The fourth-order valence-corrected chi connectivity index (χ4v) is 2.91. The molecule has 2 aliphatic heterocycles. The summed E-state index contributed by atoms with van der Waals surface area (Å²) >= 11 is 0. The molecule has 1 aromatic carbocycles. The van der Waals surface area contributed by atoms with Crippen molar-refractivity contribution in [1.29, 1.82) is 0 Å². The van der Waals surface area contributed by atoms with E-state index in [9.17, 15) is 9.59 Å². The predicted octanol–water partition coefficient (Wildman–Crippen LogP) is 0.123. The fraction of sp³-hybridized carbons (Fsp3) is 0.500. The second-order valence-electron chi connectivity index (χ2n) is 6.01. The first-order chi connectivity index (χ1) is 11.1. The minimum absolute atomic E-state index is 0.0331. The summed E-state index contributed by atoms with van der Waals surface area (Å²) in [4.78, 5) is 28.3. The number of carbonyl (C=O) groups is 2. The Hall–Kier alpha value is -2.28. The van der Waals surface area contributed by atoms with E-state index in [1.807, 2.05) is 11.9 Å². The van der Waals surface area contributed by atoms with Gasteiger partial charge in [-0.2, -0.15) is 0 Å². The molecule has 0 radical (unpaired) electrons. The minimum atomic E-state index is -0.481. The van der Waals surface area contributed by atoms with Crippen LogP contribution in [0.3, 0.4) is 0 Å². The van der Waals surface area contributed by atoms with E-state index in [-0.39, 0.29) is 5.91 Å². The third-order valence-corrected chi connectivity index (χ3v) is 4.36. The molecule has 1 unspecified atom stereocenters. The molecule has 2 amide bonds. The Kier molecular flexibility index (Phi) is 4.38. The Morgan fingerprint density at radius 1 is 1.26 bits per heavy atom. The number of para-hydroxylation sites is 1. The van der Waals surface area contributed by atoms with Crippen molar-refractivity contribution in [3.63, 3.8) is 0 Å². The summed E-state index contributed by atoms with van der Waals surface area (Å²) in [6, 6.07) is 4.88. The molecule has 0 saturated carbocycles. The number of hydrogen-bond donors (Lipinski definition) is 2. The van der Waals surface area contributed by atoms with Crippen molar-refractivity contribution < 1.29 is 14.3 Å². The molecule has 1 atom stereocenters. The second-order valence-corrected chi connectivity index (χ2v) is 6.01. The van der Waals surface area contributed by atoms with Crippen LogP contribution in [-0.4, -0.2) is 67.5 Å². The molecule has 0 spiro atoms. The average Bonchev–Trinajstić information content (AvgIpc) is 2.77. The third kappa shape index (κ3) is 3.24. The maximum Gasteiger partial charge on any atom is 0.257 e. The molecule has 0 aliphatic carbocycles. The van der Waals surface area contributed by atoms with Crippen molar-refractivity contribution in [3.05, 3.63) is 23.8 Å². The van der Waals surface area contributed by atoms with Crippen LogP contribution in [-0.2, 0) is 4.79 Å². The highest BCUT2D eigenvalue weighted by atomic mass is 16.5. The molecule has 2 heterocycles. The van der Waals surface area contributed by atoms with Crippen LogP contribution in [0, 0.1) is 0 Å². The van der Waals surface area contributed by atoms with Gasteiger partial charge in [0.05, 0.1) is 17.9 Å². The Labute approximate surface area is 135 Å². The van der Waals surface area contributed by atoms with Gasteiger partial charge in [-0.05, 0) is 19.2 Å². The lowest BCUT2D eigenvalue weighted by Crippen LogP contribution is -2.47. The molecule has 0 bridgehead atoms. The summed E-state index contributed by atoms with van der Waals surface area (Å²) in [6.07, 6.45) is 0.478. The molecule has 0 aromatic heterocycles. The monoisotopic (exact) mass is 318 g/mol. The van der Waals surface area contributed by atoms with Crippen LogP contribution >= 0.6 is 0 Å². The number of ether oxygens (including phenoxy) is 1. The molecule has 2 aliphatic rings. The number of anilines is 1. The van der Waals surface area contributed by atoms with Crippen molar-refractivity contribution in [2.75, 3.05) is 45.2 Å². The summed E-state index contributed by atoms with van der Waals surface area (Å²) in [5.74, 6) is 0.0618. The van der Waals surface area contributed by atoms with Gasteiger partial charge >= 0.3 is 0 Å². The molecule has 124 valence electrons. The van der Waals surface area contributed by atoms with Gasteiger partial charge in [-0.15, -0.1) is 0 Å².